The zero-order valence-corrected chi connectivity index (χ0v) is 6.43. The SMILES string of the molecule is Cc1ncccc1C(=O)S. The molecule has 0 unspecified atom stereocenters. The molecule has 0 atom stereocenters. The molecule has 0 radical (unpaired) electrons. The number of aryl methyl sites for hydroxylation is 1. The minimum atomic E-state index is -0.231. The minimum absolute atomic E-state index is 0.231. The van der Waals surface area contributed by atoms with Gasteiger partial charge in [-0.05, 0) is 19.1 Å². The van der Waals surface area contributed by atoms with Gasteiger partial charge in [-0.25, -0.2) is 0 Å². The van der Waals surface area contributed by atoms with E-state index in [1.54, 1.807) is 25.3 Å². The number of nitrogens with zero attached hydrogens (tertiary/aromatic N) is 1. The van der Waals surface area contributed by atoms with Crippen LogP contribution in [0.4, 0.5) is 0 Å². The van der Waals surface area contributed by atoms with E-state index in [0.29, 0.717) is 5.56 Å². The van der Waals surface area contributed by atoms with Gasteiger partial charge < -0.3 is 0 Å². The lowest BCUT2D eigenvalue weighted by Crippen LogP contribution is -1.94. The van der Waals surface area contributed by atoms with Crippen LogP contribution in [0.3, 0.4) is 0 Å². The number of aromatic nitrogens is 1. The molecule has 0 bridgehead atoms. The van der Waals surface area contributed by atoms with E-state index < -0.39 is 0 Å². The number of thiol groups is 1. The van der Waals surface area contributed by atoms with Crippen LogP contribution < -0.4 is 0 Å². The third-order valence-electron chi connectivity index (χ3n) is 1.24. The van der Waals surface area contributed by atoms with E-state index in [1.807, 2.05) is 0 Å². The molecule has 1 heterocycles. The monoisotopic (exact) mass is 153 g/mol. The van der Waals surface area contributed by atoms with E-state index in [0.717, 1.165) is 5.69 Å². The highest BCUT2D eigenvalue weighted by Gasteiger charge is 2.02. The molecule has 10 heavy (non-hydrogen) atoms. The number of pyridine rings is 1. The Morgan fingerprint density at radius 3 is 2.80 bits per heavy atom. The van der Waals surface area contributed by atoms with Crippen molar-refractivity contribution < 1.29 is 4.79 Å². The average Bonchev–Trinajstić information content (AvgIpc) is 1.88. The lowest BCUT2D eigenvalue weighted by molar-refractivity contribution is 0.109. The minimum Gasteiger partial charge on any atom is -0.282 e. The van der Waals surface area contributed by atoms with Gasteiger partial charge in [0.2, 0.25) is 5.12 Å². The summed E-state index contributed by atoms with van der Waals surface area (Å²) in [6, 6.07) is 3.42. The maximum absolute atomic E-state index is 10.7. The Morgan fingerprint density at radius 2 is 2.40 bits per heavy atom. The van der Waals surface area contributed by atoms with Crippen LogP contribution in [0.5, 0.6) is 0 Å². The van der Waals surface area contributed by atoms with Gasteiger partial charge in [-0.3, -0.25) is 9.78 Å². The fourth-order valence-electron chi connectivity index (χ4n) is 0.710. The summed E-state index contributed by atoms with van der Waals surface area (Å²) in [5.74, 6) is 0. The van der Waals surface area contributed by atoms with Gasteiger partial charge in [0.1, 0.15) is 0 Å². The van der Waals surface area contributed by atoms with E-state index in [2.05, 4.69) is 17.6 Å². The Morgan fingerprint density at radius 1 is 1.70 bits per heavy atom. The number of hydrogen-bond donors (Lipinski definition) is 1. The van der Waals surface area contributed by atoms with Crippen molar-refractivity contribution in [1.82, 2.24) is 4.98 Å². The topological polar surface area (TPSA) is 30.0 Å². The van der Waals surface area contributed by atoms with Gasteiger partial charge in [0, 0.05) is 17.5 Å². The van der Waals surface area contributed by atoms with E-state index in [4.69, 9.17) is 0 Å². The maximum atomic E-state index is 10.7. The first-order valence-corrected chi connectivity index (χ1v) is 3.31. The van der Waals surface area contributed by atoms with Gasteiger partial charge >= 0.3 is 0 Å². The molecule has 0 aliphatic heterocycles. The second-order valence-corrected chi connectivity index (χ2v) is 2.35. The van der Waals surface area contributed by atoms with Gasteiger partial charge in [0.15, 0.2) is 0 Å². The summed E-state index contributed by atoms with van der Waals surface area (Å²) >= 11 is 3.68. The van der Waals surface area contributed by atoms with Crippen molar-refractivity contribution >= 4 is 17.7 Å². The number of hydrogen-bond acceptors (Lipinski definition) is 2. The molecule has 0 N–H and O–H groups in total. The van der Waals surface area contributed by atoms with Crippen LogP contribution in [0.2, 0.25) is 0 Å². The highest BCUT2D eigenvalue weighted by molar-refractivity contribution is 7.97. The fourth-order valence-corrected chi connectivity index (χ4v) is 0.947. The van der Waals surface area contributed by atoms with Gasteiger partial charge in [-0.1, -0.05) is 0 Å². The molecule has 0 aliphatic rings. The van der Waals surface area contributed by atoms with Crippen molar-refractivity contribution in [2.45, 2.75) is 6.92 Å². The van der Waals surface area contributed by atoms with E-state index >= 15 is 0 Å². The van der Waals surface area contributed by atoms with Crippen LogP contribution in [0.25, 0.3) is 0 Å². The Labute approximate surface area is 64.7 Å². The van der Waals surface area contributed by atoms with E-state index in [1.165, 1.54) is 0 Å². The van der Waals surface area contributed by atoms with Crippen LogP contribution >= 0.6 is 12.6 Å². The smallest absolute Gasteiger partial charge is 0.218 e. The molecular formula is C7H7NOS. The highest BCUT2D eigenvalue weighted by atomic mass is 32.1. The molecule has 1 aromatic heterocycles. The molecule has 0 amide bonds. The molecule has 0 spiro atoms. The Hall–Kier alpha value is -0.830. The molecular weight excluding hydrogens is 146 g/mol. The molecule has 3 heteroatoms. The standard InChI is InChI=1S/C7H7NOS/c1-5-6(7(9)10)3-2-4-8-5/h2-4H,1H3,(H,9,10). The second-order valence-electron chi connectivity index (χ2n) is 1.94. The van der Waals surface area contributed by atoms with Crippen LogP contribution in [0.15, 0.2) is 18.3 Å². The first-order chi connectivity index (χ1) is 4.72. The molecule has 0 fully saturated rings. The highest BCUT2D eigenvalue weighted by Crippen LogP contribution is 2.05. The van der Waals surface area contributed by atoms with Crippen LogP contribution in [0.1, 0.15) is 16.1 Å². The first-order valence-electron chi connectivity index (χ1n) is 2.86. The Balaban J connectivity index is 3.15. The zero-order valence-electron chi connectivity index (χ0n) is 5.53. The molecule has 0 saturated heterocycles. The Bertz CT molecular complexity index is 260. The van der Waals surface area contributed by atoms with Crippen molar-refractivity contribution in [1.29, 1.82) is 0 Å². The molecule has 0 aliphatic carbocycles. The number of rotatable bonds is 1. The first kappa shape index (κ1) is 7.28. The summed E-state index contributed by atoms with van der Waals surface area (Å²) in [5, 5.41) is -0.231. The van der Waals surface area contributed by atoms with E-state index in [-0.39, 0.29) is 5.12 Å². The third-order valence-corrected chi connectivity index (χ3v) is 1.48. The number of carbonyl (C=O) groups is 1. The molecule has 0 aromatic carbocycles. The van der Waals surface area contributed by atoms with Gasteiger partial charge in [0.25, 0.3) is 0 Å². The van der Waals surface area contributed by atoms with Crippen molar-refractivity contribution in [2.75, 3.05) is 0 Å². The summed E-state index contributed by atoms with van der Waals surface area (Å²) in [6.07, 6.45) is 1.65. The molecule has 0 saturated carbocycles. The Kier molecular flexibility index (Phi) is 2.06. The van der Waals surface area contributed by atoms with Crippen LogP contribution in [0, 0.1) is 6.92 Å². The van der Waals surface area contributed by atoms with Gasteiger partial charge in [-0.15, -0.1) is 12.6 Å². The van der Waals surface area contributed by atoms with Crippen LogP contribution in [-0.4, -0.2) is 10.1 Å². The number of carbonyl (C=O) groups excluding carboxylic acids is 1. The van der Waals surface area contributed by atoms with Crippen molar-refractivity contribution in [3.63, 3.8) is 0 Å². The molecule has 1 rings (SSSR count). The van der Waals surface area contributed by atoms with Gasteiger partial charge in [-0.2, -0.15) is 0 Å². The summed E-state index contributed by atoms with van der Waals surface area (Å²) in [7, 11) is 0. The lowest BCUT2D eigenvalue weighted by atomic mass is 10.2. The van der Waals surface area contributed by atoms with Gasteiger partial charge in [0.05, 0.1) is 0 Å². The van der Waals surface area contributed by atoms with Crippen molar-refractivity contribution in [3.05, 3.63) is 29.6 Å². The largest absolute Gasteiger partial charge is 0.282 e. The summed E-state index contributed by atoms with van der Waals surface area (Å²) < 4.78 is 0. The summed E-state index contributed by atoms with van der Waals surface area (Å²) in [5.41, 5.74) is 1.30. The molecule has 52 valence electrons. The predicted octanol–water partition coefficient (Wildman–Crippen LogP) is 1.46. The molecule has 2 nitrogen and oxygen atoms in total. The quantitative estimate of drug-likeness (QED) is 0.619. The van der Waals surface area contributed by atoms with E-state index in [9.17, 15) is 4.79 Å². The van der Waals surface area contributed by atoms with Crippen molar-refractivity contribution in [2.24, 2.45) is 0 Å². The fraction of sp³-hybridized carbons (Fsp3) is 0.143. The average molecular weight is 153 g/mol. The zero-order chi connectivity index (χ0) is 7.56. The lowest BCUT2D eigenvalue weighted by Gasteiger charge is -1.95. The summed E-state index contributed by atoms with van der Waals surface area (Å²) in [6.45, 7) is 1.78. The van der Waals surface area contributed by atoms with Crippen molar-refractivity contribution in [3.8, 4) is 0 Å². The second kappa shape index (κ2) is 2.84. The predicted molar refractivity (Wildman–Crippen MR) is 42.3 cm³/mol. The molecule has 1 aromatic rings. The maximum Gasteiger partial charge on any atom is 0.218 e. The van der Waals surface area contributed by atoms with Crippen LogP contribution in [-0.2, 0) is 0 Å². The summed E-state index contributed by atoms with van der Waals surface area (Å²) in [4.78, 5) is 14.6. The third kappa shape index (κ3) is 1.36. The normalized spacial score (nSPS) is 9.40.